The Labute approximate surface area is 115 Å². The average molecular weight is 274 g/mol. The zero-order valence-electron chi connectivity index (χ0n) is 11.2. The van der Waals surface area contributed by atoms with Crippen LogP contribution in [0, 0.1) is 12.7 Å². The highest BCUT2D eigenvalue weighted by molar-refractivity contribution is 5.87. The number of nitrogens with zero attached hydrogens (tertiary/aromatic N) is 2. The summed E-state index contributed by atoms with van der Waals surface area (Å²) in [6.07, 6.45) is 3.49. The van der Waals surface area contributed by atoms with E-state index in [0.29, 0.717) is 5.69 Å². The van der Waals surface area contributed by atoms with Crippen LogP contribution >= 0.6 is 0 Å². The Morgan fingerprint density at radius 3 is 2.85 bits per heavy atom. The number of benzene rings is 1. The average Bonchev–Trinajstić information content (AvgIpc) is 2.81. The van der Waals surface area contributed by atoms with Crippen LogP contribution in [0.2, 0.25) is 0 Å². The first kappa shape index (κ1) is 12.8. The molecule has 1 heterocycles. The fraction of sp³-hybridized carbons (Fsp3) is 0.333. The second-order valence-corrected chi connectivity index (χ2v) is 5.13. The first-order valence-corrected chi connectivity index (χ1v) is 6.68. The molecule has 0 aliphatic heterocycles. The van der Waals surface area contributed by atoms with Gasteiger partial charge in [-0.3, -0.25) is 0 Å². The minimum atomic E-state index is -1.02. The van der Waals surface area contributed by atoms with Crippen LogP contribution in [-0.2, 0) is 12.8 Å². The fourth-order valence-electron chi connectivity index (χ4n) is 2.78. The maximum absolute atomic E-state index is 13.5. The summed E-state index contributed by atoms with van der Waals surface area (Å²) < 4.78 is 15.1. The molecule has 104 valence electrons. The molecule has 0 unspecified atom stereocenters. The molecule has 1 aliphatic carbocycles. The Kier molecular flexibility index (Phi) is 3.04. The highest BCUT2D eigenvalue weighted by Crippen LogP contribution is 2.28. The maximum atomic E-state index is 13.5. The van der Waals surface area contributed by atoms with Crippen molar-refractivity contribution >= 4 is 5.97 Å². The number of carboxylic acids is 1. The molecule has 3 rings (SSSR count). The number of aryl methyl sites for hydroxylation is 1. The van der Waals surface area contributed by atoms with E-state index in [1.54, 1.807) is 10.7 Å². The molecule has 0 spiro atoms. The van der Waals surface area contributed by atoms with Crippen molar-refractivity contribution in [2.24, 2.45) is 0 Å². The van der Waals surface area contributed by atoms with Gasteiger partial charge in [0.15, 0.2) is 5.69 Å². The van der Waals surface area contributed by atoms with Crippen LogP contribution in [0.1, 0.15) is 40.2 Å². The molecule has 4 nitrogen and oxygen atoms in total. The number of hydrogen-bond donors (Lipinski definition) is 1. The van der Waals surface area contributed by atoms with Gasteiger partial charge in [0.05, 0.1) is 5.69 Å². The Morgan fingerprint density at radius 1 is 1.35 bits per heavy atom. The van der Waals surface area contributed by atoms with Gasteiger partial charge in [-0.05, 0) is 50.3 Å². The molecule has 1 aromatic heterocycles. The van der Waals surface area contributed by atoms with Gasteiger partial charge in [0.25, 0.3) is 0 Å². The van der Waals surface area contributed by atoms with E-state index >= 15 is 0 Å². The molecule has 0 fully saturated rings. The highest BCUT2D eigenvalue weighted by Gasteiger charge is 2.25. The topological polar surface area (TPSA) is 55.1 Å². The number of fused-ring (bicyclic) bond motifs is 1. The van der Waals surface area contributed by atoms with Gasteiger partial charge in [-0.1, -0.05) is 6.07 Å². The standard InChI is InChI=1S/C15H15FN2O2/c1-9-6-7-10(16)8-13(9)18-12-5-3-2-4-11(12)14(17-18)15(19)20/h6-8H,2-5H2,1H3,(H,19,20). The van der Waals surface area contributed by atoms with Crippen LogP contribution in [0.25, 0.3) is 5.69 Å². The van der Waals surface area contributed by atoms with Crippen molar-refractivity contribution in [1.82, 2.24) is 9.78 Å². The van der Waals surface area contributed by atoms with Crippen molar-refractivity contribution < 1.29 is 14.3 Å². The number of carboxylic acid groups (broad SMARTS) is 1. The number of aromatic nitrogens is 2. The van der Waals surface area contributed by atoms with E-state index in [0.717, 1.165) is 42.5 Å². The van der Waals surface area contributed by atoms with E-state index in [4.69, 9.17) is 0 Å². The quantitative estimate of drug-likeness (QED) is 0.916. The number of halogens is 1. The molecule has 0 bridgehead atoms. The van der Waals surface area contributed by atoms with Crippen LogP contribution < -0.4 is 0 Å². The summed E-state index contributed by atoms with van der Waals surface area (Å²) in [5, 5.41) is 13.5. The number of hydrogen-bond acceptors (Lipinski definition) is 2. The lowest BCUT2D eigenvalue weighted by Crippen LogP contribution is -2.09. The zero-order chi connectivity index (χ0) is 14.3. The first-order valence-electron chi connectivity index (χ1n) is 6.68. The lowest BCUT2D eigenvalue weighted by Gasteiger charge is -2.15. The molecule has 0 radical (unpaired) electrons. The van der Waals surface area contributed by atoms with Gasteiger partial charge in [0.1, 0.15) is 5.82 Å². The van der Waals surface area contributed by atoms with Crippen LogP contribution in [0.15, 0.2) is 18.2 Å². The molecule has 5 heteroatoms. The van der Waals surface area contributed by atoms with Crippen molar-refractivity contribution in [1.29, 1.82) is 0 Å². The molecular formula is C15H15FN2O2. The molecule has 0 saturated carbocycles. The lowest BCUT2D eigenvalue weighted by atomic mass is 9.95. The zero-order valence-corrected chi connectivity index (χ0v) is 11.2. The molecule has 1 N–H and O–H groups in total. The number of aromatic carboxylic acids is 1. The smallest absolute Gasteiger partial charge is 0.356 e. The monoisotopic (exact) mass is 274 g/mol. The third kappa shape index (κ3) is 1.99. The molecule has 1 aliphatic rings. The second-order valence-electron chi connectivity index (χ2n) is 5.13. The van der Waals surface area contributed by atoms with Crippen LogP contribution in [0.4, 0.5) is 4.39 Å². The van der Waals surface area contributed by atoms with Gasteiger partial charge in [-0.2, -0.15) is 5.10 Å². The summed E-state index contributed by atoms with van der Waals surface area (Å²) in [5.41, 5.74) is 3.30. The van der Waals surface area contributed by atoms with E-state index < -0.39 is 5.97 Å². The Morgan fingerprint density at radius 2 is 2.10 bits per heavy atom. The summed E-state index contributed by atoms with van der Waals surface area (Å²) in [6.45, 7) is 1.87. The van der Waals surface area contributed by atoms with Gasteiger partial charge in [0.2, 0.25) is 0 Å². The van der Waals surface area contributed by atoms with Gasteiger partial charge in [0, 0.05) is 11.3 Å². The molecule has 2 aromatic rings. The van der Waals surface area contributed by atoms with E-state index in [1.165, 1.54) is 12.1 Å². The SMILES string of the molecule is Cc1ccc(F)cc1-n1nc(C(=O)O)c2c1CCCC2. The van der Waals surface area contributed by atoms with Crippen molar-refractivity contribution in [3.63, 3.8) is 0 Å². The van der Waals surface area contributed by atoms with Gasteiger partial charge in [-0.25, -0.2) is 13.9 Å². The van der Waals surface area contributed by atoms with Crippen molar-refractivity contribution in [2.75, 3.05) is 0 Å². The van der Waals surface area contributed by atoms with Crippen LogP contribution in [-0.4, -0.2) is 20.9 Å². The van der Waals surface area contributed by atoms with E-state index in [1.807, 2.05) is 6.92 Å². The number of rotatable bonds is 2. The molecule has 0 atom stereocenters. The summed E-state index contributed by atoms with van der Waals surface area (Å²) in [7, 11) is 0. The predicted octanol–water partition coefficient (Wildman–Crippen LogP) is 2.90. The minimum absolute atomic E-state index is 0.100. The summed E-state index contributed by atoms with van der Waals surface area (Å²) in [4.78, 5) is 11.3. The Hall–Kier alpha value is -2.17. The van der Waals surface area contributed by atoms with Crippen molar-refractivity contribution in [2.45, 2.75) is 32.6 Å². The van der Waals surface area contributed by atoms with Crippen LogP contribution in [0.3, 0.4) is 0 Å². The lowest BCUT2D eigenvalue weighted by molar-refractivity contribution is 0.0688. The molecule has 20 heavy (non-hydrogen) atoms. The van der Waals surface area contributed by atoms with E-state index in [9.17, 15) is 14.3 Å². The second kappa shape index (κ2) is 4.74. The minimum Gasteiger partial charge on any atom is -0.476 e. The number of carbonyl (C=O) groups is 1. The first-order chi connectivity index (χ1) is 9.58. The van der Waals surface area contributed by atoms with Crippen molar-refractivity contribution in [3.8, 4) is 5.69 Å². The molecule has 1 aromatic carbocycles. The van der Waals surface area contributed by atoms with Gasteiger partial charge in [-0.15, -0.1) is 0 Å². The summed E-state index contributed by atoms with van der Waals surface area (Å²) >= 11 is 0. The summed E-state index contributed by atoms with van der Waals surface area (Å²) in [5.74, 6) is -1.36. The highest BCUT2D eigenvalue weighted by atomic mass is 19.1. The van der Waals surface area contributed by atoms with Crippen molar-refractivity contribution in [3.05, 3.63) is 46.5 Å². The van der Waals surface area contributed by atoms with E-state index in [2.05, 4.69) is 5.10 Å². The molecule has 0 amide bonds. The molecular weight excluding hydrogens is 259 g/mol. The Balaban J connectivity index is 2.23. The third-order valence-electron chi connectivity index (χ3n) is 3.78. The maximum Gasteiger partial charge on any atom is 0.356 e. The predicted molar refractivity (Wildman–Crippen MR) is 71.9 cm³/mol. The summed E-state index contributed by atoms with van der Waals surface area (Å²) in [6, 6.07) is 4.48. The fourth-order valence-corrected chi connectivity index (χ4v) is 2.78. The normalized spacial score (nSPS) is 14.1. The molecule has 0 saturated heterocycles. The Bertz CT molecular complexity index is 691. The van der Waals surface area contributed by atoms with Gasteiger partial charge >= 0.3 is 5.97 Å². The van der Waals surface area contributed by atoms with E-state index in [-0.39, 0.29) is 11.5 Å². The van der Waals surface area contributed by atoms with Gasteiger partial charge < -0.3 is 5.11 Å². The third-order valence-corrected chi connectivity index (χ3v) is 3.78. The van der Waals surface area contributed by atoms with Crippen LogP contribution in [0.5, 0.6) is 0 Å². The largest absolute Gasteiger partial charge is 0.476 e.